The highest BCUT2D eigenvalue weighted by Crippen LogP contribution is 2.23. The van der Waals surface area contributed by atoms with E-state index in [0.717, 1.165) is 22.3 Å². The van der Waals surface area contributed by atoms with Crippen LogP contribution in [-0.2, 0) is 6.54 Å². The van der Waals surface area contributed by atoms with Crippen molar-refractivity contribution in [3.8, 4) is 11.5 Å². The number of anilines is 1. The van der Waals surface area contributed by atoms with Gasteiger partial charge in [-0.15, -0.1) is 0 Å². The van der Waals surface area contributed by atoms with Crippen LogP contribution in [0, 0.1) is 13.8 Å². The molecule has 7 nitrogen and oxygen atoms in total. The third kappa shape index (κ3) is 3.19. The van der Waals surface area contributed by atoms with E-state index in [-0.39, 0.29) is 5.69 Å². The number of nitrogens with zero attached hydrogens (tertiary/aromatic N) is 3. The average molecular weight is 361 g/mol. The number of aryl methyl sites for hydroxylation is 2. The second kappa shape index (κ2) is 6.68. The lowest BCUT2D eigenvalue weighted by molar-refractivity contribution is 0.729. The number of nitrogens with one attached hydrogen (secondary N) is 2. The highest BCUT2D eigenvalue weighted by atomic mass is 16.2. The van der Waals surface area contributed by atoms with Crippen LogP contribution in [0.3, 0.4) is 0 Å². The number of hydrogen-bond donors (Lipinski definition) is 2. The quantitative estimate of drug-likeness (QED) is 0.544. The predicted octanol–water partition coefficient (Wildman–Crippen LogP) is 2.31. The molecule has 2 aliphatic rings. The summed E-state index contributed by atoms with van der Waals surface area (Å²) in [6, 6.07) is 13.8. The molecule has 0 aromatic heterocycles. The van der Waals surface area contributed by atoms with Gasteiger partial charge in [0.15, 0.2) is 11.5 Å². The van der Waals surface area contributed by atoms with Gasteiger partial charge in [-0.25, -0.2) is 9.78 Å². The molecule has 2 heterocycles. The molecule has 0 unspecified atom stereocenters. The molecule has 2 aromatic rings. The molecule has 0 spiro atoms. The molecular weight excluding hydrogens is 342 g/mol. The van der Waals surface area contributed by atoms with Gasteiger partial charge in [-0.2, -0.15) is 4.98 Å². The summed E-state index contributed by atoms with van der Waals surface area (Å²) < 4.78 is 1.89. The number of H-pyrrole nitrogens is 1. The van der Waals surface area contributed by atoms with Crippen molar-refractivity contribution < 1.29 is 0 Å². The predicted molar refractivity (Wildman–Crippen MR) is 105 cm³/mol. The second-order valence-corrected chi connectivity index (χ2v) is 6.52. The van der Waals surface area contributed by atoms with Gasteiger partial charge in [-0.05, 0) is 49.2 Å². The number of hydrogen-bond acceptors (Lipinski definition) is 5. The minimum absolute atomic E-state index is 0.171. The highest BCUT2D eigenvalue weighted by Gasteiger charge is 2.18. The Morgan fingerprint density at radius 1 is 1.04 bits per heavy atom. The maximum atomic E-state index is 12.3. The standard InChI is InChI=1S/C20H19N5O2/c1-12-10-15-16(11-13(12)2)25(9-8-21-14-6-4-3-5-7-14)18-17(22-15)19(26)24-20(27)23-18/h3-7,10-11,21H,8-9H2,1-2H3,(H,24,26,27). The van der Waals surface area contributed by atoms with E-state index in [9.17, 15) is 9.59 Å². The molecule has 0 fully saturated rings. The first-order valence-corrected chi connectivity index (χ1v) is 8.74. The number of para-hydroxylation sites is 1. The van der Waals surface area contributed by atoms with Crippen molar-refractivity contribution in [2.45, 2.75) is 20.4 Å². The summed E-state index contributed by atoms with van der Waals surface area (Å²) in [7, 11) is 0. The van der Waals surface area contributed by atoms with Crippen molar-refractivity contribution in [1.82, 2.24) is 19.5 Å². The summed E-state index contributed by atoms with van der Waals surface area (Å²) in [4.78, 5) is 34.7. The third-order valence-corrected chi connectivity index (χ3v) is 4.66. The van der Waals surface area contributed by atoms with Gasteiger partial charge in [0.2, 0.25) is 0 Å². The molecule has 2 N–H and O–H groups in total. The Morgan fingerprint density at radius 3 is 2.56 bits per heavy atom. The molecule has 136 valence electrons. The lowest BCUT2D eigenvalue weighted by atomic mass is 10.1. The minimum atomic E-state index is -0.665. The zero-order valence-electron chi connectivity index (χ0n) is 15.1. The van der Waals surface area contributed by atoms with Crippen molar-refractivity contribution in [1.29, 1.82) is 0 Å². The van der Waals surface area contributed by atoms with Crippen molar-refractivity contribution in [3.63, 3.8) is 0 Å². The molecule has 27 heavy (non-hydrogen) atoms. The van der Waals surface area contributed by atoms with Gasteiger partial charge in [0, 0.05) is 18.8 Å². The summed E-state index contributed by atoms with van der Waals surface area (Å²) in [5, 5.41) is 3.34. The number of aromatic amines is 1. The summed E-state index contributed by atoms with van der Waals surface area (Å²) in [6.45, 7) is 5.17. The maximum Gasteiger partial charge on any atom is 0.349 e. The molecule has 4 rings (SSSR count). The largest absolute Gasteiger partial charge is 0.383 e. The smallest absolute Gasteiger partial charge is 0.349 e. The number of aromatic nitrogens is 4. The molecule has 0 saturated heterocycles. The zero-order valence-corrected chi connectivity index (χ0v) is 15.1. The van der Waals surface area contributed by atoms with Gasteiger partial charge in [0.25, 0.3) is 5.56 Å². The van der Waals surface area contributed by atoms with E-state index in [1.54, 1.807) is 0 Å². The molecule has 0 atom stereocenters. The molecule has 0 saturated carbocycles. The van der Waals surface area contributed by atoms with E-state index < -0.39 is 11.2 Å². The topological polar surface area (TPSA) is 92.7 Å². The molecule has 7 heteroatoms. The fourth-order valence-electron chi connectivity index (χ4n) is 3.14. The third-order valence-electron chi connectivity index (χ3n) is 4.66. The molecule has 0 amide bonds. The Hall–Kier alpha value is -3.48. The Labute approximate surface area is 155 Å². The lowest BCUT2D eigenvalue weighted by Crippen LogP contribution is -2.29. The van der Waals surface area contributed by atoms with Crippen LogP contribution in [-0.4, -0.2) is 26.1 Å². The summed E-state index contributed by atoms with van der Waals surface area (Å²) in [5.41, 5.74) is 3.74. The Kier molecular flexibility index (Phi) is 4.19. The normalized spacial score (nSPS) is 11.2. The van der Waals surface area contributed by atoms with Crippen LogP contribution in [0.25, 0.3) is 22.6 Å². The molecule has 2 aromatic carbocycles. The SMILES string of the molecule is Cc1cc2nc3c(=O)[nH]c(=O)nc-3n(CCNc3ccccc3)c2cc1C. The second-order valence-electron chi connectivity index (χ2n) is 6.52. The Bertz CT molecular complexity index is 1210. The fraction of sp³-hybridized carbons (Fsp3) is 0.200. The van der Waals surface area contributed by atoms with E-state index in [4.69, 9.17) is 0 Å². The first kappa shape index (κ1) is 17.0. The zero-order chi connectivity index (χ0) is 19.0. The Balaban J connectivity index is 1.85. The van der Waals surface area contributed by atoms with Crippen LogP contribution in [0.2, 0.25) is 0 Å². The fourth-order valence-corrected chi connectivity index (χ4v) is 3.14. The summed E-state index contributed by atoms with van der Waals surface area (Å²) in [6.07, 6.45) is 0. The van der Waals surface area contributed by atoms with Crippen molar-refractivity contribution >= 4 is 16.7 Å². The van der Waals surface area contributed by atoms with Crippen LogP contribution in [0.4, 0.5) is 5.69 Å². The maximum absolute atomic E-state index is 12.3. The van der Waals surface area contributed by atoms with Crippen LogP contribution < -0.4 is 16.6 Å². The first-order valence-electron chi connectivity index (χ1n) is 8.74. The van der Waals surface area contributed by atoms with Crippen LogP contribution in [0.1, 0.15) is 11.1 Å². The van der Waals surface area contributed by atoms with Gasteiger partial charge < -0.3 is 9.88 Å². The number of benzene rings is 2. The van der Waals surface area contributed by atoms with Gasteiger partial charge in [0.05, 0.1) is 11.0 Å². The van der Waals surface area contributed by atoms with Gasteiger partial charge in [-0.3, -0.25) is 9.78 Å². The van der Waals surface area contributed by atoms with E-state index in [1.165, 1.54) is 0 Å². The number of fused-ring (bicyclic) bond motifs is 2. The van der Waals surface area contributed by atoms with Crippen molar-refractivity contribution in [3.05, 3.63) is 74.4 Å². The minimum Gasteiger partial charge on any atom is -0.383 e. The van der Waals surface area contributed by atoms with Crippen LogP contribution in [0.5, 0.6) is 0 Å². The molecule has 0 radical (unpaired) electrons. The molecular formula is C20H19N5O2. The first-order chi connectivity index (χ1) is 13.0. The molecule has 0 aliphatic carbocycles. The van der Waals surface area contributed by atoms with Crippen LogP contribution >= 0.6 is 0 Å². The Morgan fingerprint density at radius 2 is 1.78 bits per heavy atom. The van der Waals surface area contributed by atoms with E-state index in [2.05, 4.69) is 20.3 Å². The molecule has 0 bridgehead atoms. The van der Waals surface area contributed by atoms with E-state index >= 15 is 0 Å². The van der Waals surface area contributed by atoms with Crippen molar-refractivity contribution in [2.24, 2.45) is 0 Å². The lowest BCUT2D eigenvalue weighted by Gasteiger charge is -2.18. The summed E-state index contributed by atoms with van der Waals surface area (Å²) >= 11 is 0. The van der Waals surface area contributed by atoms with E-state index in [0.29, 0.717) is 24.4 Å². The van der Waals surface area contributed by atoms with Gasteiger partial charge in [0.1, 0.15) is 0 Å². The van der Waals surface area contributed by atoms with Gasteiger partial charge >= 0.3 is 5.69 Å². The monoisotopic (exact) mass is 361 g/mol. The van der Waals surface area contributed by atoms with Crippen LogP contribution in [0.15, 0.2) is 52.1 Å². The average Bonchev–Trinajstić information content (AvgIpc) is 2.64. The van der Waals surface area contributed by atoms with Crippen molar-refractivity contribution in [2.75, 3.05) is 11.9 Å². The summed E-state index contributed by atoms with van der Waals surface area (Å²) in [5.74, 6) is 0.300. The number of rotatable bonds is 4. The molecule has 2 aliphatic heterocycles. The van der Waals surface area contributed by atoms with E-state index in [1.807, 2.05) is 60.9 Å². The highest BCUT2D eigenvalue weighted by molar-refractivity contribution is 5.81. The van der Waals surface area contributed by atoms with Gasteiger partial charge in [-0.1, -0.05) is 18.2 Å².